The molecule has 31 heavy (non-hydrogen) atoms. The summed E-state index contributed by atoms with van der Waals surface area (Å²) in [6.07, 6.45) is 3.35. The third-order valence-electron chi connectivity index (χ3n) is 6.54. The second kappa shape index (κ2) is 7.34. The van der Waals surface area contributed by atoms with Crippen molar-refractivity contribution in [3.8, 4) is 0 Å². The highest BCUT2D eigenvalue weighted by Crippen LogP contribution is 2.43. The molecular formula is C24H23N3O4. The molecule has 1 saturated carbocycles. The number of hydroxylamine groups is 2. The highest BCUT2D eigenvalue weighted by atomic mass is 16.7. The number of carbonyl (C=O) groups is 3. The van der Waals surface area contributed by atoms with E-state index in [1.807, 2.05) is 24.3 Å². The van der Waals surface area contributed by atoms with E-state index in [9.17, 15) is 14.4 Å². The first-order valence-corrected chi connectivity index (χ1v) is 10.6. The number of amides is 2. The van der Waals surface area contributed by atoms with E-state index in [2.05, 4.69) is 16.9 Å². The zero-order valence-corrected chi connectivity index (χ0v) is 17.3. The lowest BCUT2D eigenvalue weighted by Crippen LogP contribution is -2.44. The zero-order chi connectivity index (χ0) is 21.6. The van der Waals surface area contributed by atoms with E-state index >= 15 is 0 Å². The van der Waals surface area contributed by atoms with Crippen LogP contribution in [0.2, 0.25) is 0 Å². The number of aromatic amines is 1. The second-order valence-corrected chi connectivity index (χ2v) is 8.67. The van der Waals surface area contributed by atoms with Gasteiger partial charge in [0.15, 0.2) is 0 Å². The number of rotatable bonds is 4. The summed E-state index contributed by atoms with van der Waals surface area (Å²) in [7, 11) is 0. The van der Waals surface area contributed by atoms with Crippen molar-refractivity contribution >= 4 is 28.8 Å². The maximum absolute atomic E-state index is 13.4. The lowest BCUT2D eigenvalue weighted by atomic mass is 9.69. The molecule has 1 aliphatic heterocycles. The normalized spacial score (nSPS) is 23.3. The molecule has 1 fully saturated rings. The number of imide groups is 1. The fourth-order valence-corrected chi connectivity index (χ4v) is 4.61. The van der Waals surface area contributed by atoms with Gasteiger partial charge in [-0.2, -0.15) is 0 Å². The van der Waals surface area contributed by atoms with Crippen molar-refractivity contribution in [1.29, 1.82) is 0 Å². The molecule has 0 atom stereocenters. The van der Waals surface area contributed by atoms with Crippen molar-refractivity contribution in [3.63, 3.8) is 0 Å². The molecule has 2 heterocycles. The number of carbonyl (C=O) groups excluding carboxylic acids is 3. The number of nitrogens with zero attached hydrogens (tertiary/aromatic N) is 2. The van der Waals surface area contributed by atoms with Gasteiger partial charge in [-0.05, 0) is 55.9 Å². The molecule has 1 N–H and O–H groups in total. The van der Waals surface area contributed by atoms with Crippen molar-refractivity contribution in [1.82, 2.24) is 15.0 Å². The van der Waals surface area contributed by atoms with E-state index in [-0.39, 0.29) is 11.1 Å². The number of hydrogen-bond donors (Lipinski definition) is 1. The van der Waals surface area contributed by atoms with Crippen LogP contribution in [0.25, 0.3) is 11.0 Å². The summed E-state index contributed by atoms with van der Waals surface area (Å²) in [6.45, 7) is 2.17. The molecule has 0 saturated heterocycles. The van der Waals surface area contributed by atoms with Crippen molar-refractivity contribution in [2.45, 2.75) is 39.0 Å². The van der Waals surface area contributed by atoms with Crippen molar-refractivity contribution < 1.29 is 19.2 Å². The Morgan fingerprint density at radius 3 is 2.32 bits per heavy atom. The molecule has 0 spiro atoms. The van der Waals surface area contributed by atoms with Gasteiger partial charge in [-0.15, -0.1) is 0 Å². The number of aromatic nitrogens is 2. The average Bonchev–Trinajstić information content (AvgIpc) is 3.29. The zero-order valence-electron chi connectivity index (χ0n) is 17.3. The molecule has 0 radical (unpaired) electrons. The van der Waals surface area contributed by atoms with Crippen molar-refractivity contribution in [3.05, 3.63) is 65.5 Å². The fraction of sp³-hybridized carbons (Fsp3) is 0.333. The van der Waals surface area contributed by atoms with Gasteiger partial charge in [-0.25, -0.2) is 9.78 Å². The van der Waals surface area contributed by atoms with Crippen LogP contribution in [0.3, 0.4) is 0 Å². The maximum atomic E-state index is 13.4. The van der Waals surface area contributed by atoms with E-state index < -0.39 is 23.2 Å². The summed E-state index contributed by atoms with van der Waals surface area (Å²) in [5.74, 6) is -0.533. The molecule has 158 valence electrons. The van der Waals surface area contributed by atoms with Crippen molar-refractivity contribution in [2.24, 2.45) is 11.3 Å². The van der Waals surface area contributed by atoms with Gasteiger partial charge in [-0.1, -0.05) is 36.3 Å². The number of hydrogen-bond acceptors (Lipinski definition) is 5. The van der Waals surface area contributed by atoms with E-state index in [0.717, 1.165) is 23.9 Å². The average molecular weight is 417 g/mol. The first kappa shape index (κ1) is 19.5. The molecule has 1 aliphatic carbocycles. The van der Waals surface area contributed by atoms with Crippen LogP contribution in [-0.4, -0.2) is 32.8 Å². The number of imidazole rings is 1. The lowest BCUT2D eigenvalue weighted by molar-refractivity contribution is -0.184. The predicted molar refractivity (Wildman–Crippen MR) is 113 cm³/mol. The Labute approximate surface area is 179 Å². The molecule has 5 rings (SSSR count). The third kappa shape index (κ3) is 3.30. The highest BCUT2D eigenvalue weighted by Gasteiger charge is 2.47. The molecule has 1 aromatic heterocycles. The molecule has 7 heteroatoms. The molecule has 7 nitrogen and oxygen atoms in total. The van der Waals surface area contributed by atoms with Crippen LogP contribution in [0.1, 0.15) is 59.1 Å². The van der Waals surface area contributed by atoms with Gasteiger partial charge < -0.3 is 9.82 Å². The summed E-state index contributed by atoms with van der Waals surface area (Å²) in [6, 6.07) is 14.2. The standard InChI is InChI=1S/C24H23N3O4/c1-15-10-12-24(13-11-15,14-20-25-18-8-4-5-9-19(18)26-20)23(30)31-27-21(28)16-6-2-3-7-17(16)22(27)29/h2-9,15H,10-14H2,1H3,(H,25,26). The molecule has 2 amide bonds. The Morgan fingerprint density at radius 2 is 1.68 bits per heavy atom. The van der Waals surface area contributed by atoms with Gasteiger partial charge in [0.2, 0.25) is 0 Å². The number of benzene rings is 2. The number of nitrogens with one attached hydrogen (secondary N) is 1. The first-order valence-electron chi connectivity index (χ1n) is 10.6. The van der Waals surface area contributed by atoms with Crippen LogP contribution >= 0.6 is 0 Å². The number of fused-ring (bicyclic) bond motifs is 2. The van der Waals surface area contributed by atoms with Gasteiger partial charge in [-0.3, -0.25) is 9.59 Å². The smallest absolute Gasteiger partial charge is 0.339 e. The van der Waals surface area contributed by atoms with E-state index in [1.54, 1.807) is 24.3 Å². The Kier molecular flexibility index (Phi) is 4.61. The summed E-state index contributed by atoms with van der Waals surface area (Å²) in [5, 5.41) is 0.616. The predicted octanol–water partition coefficient (Wildman–Crippen LogP) is 4.06. The van der Waals surface area contributed by atoms with Gasteiger partial charge in [0.05, 0.1) is 27.6 Å². The van der Waals surface area contributed by atoms with E-state index in [1.165, 1.54) is 0 Å². The van der Waals surface area contributed by atoms with Gasteiger partial charge in [0.1, 0.15) is 5.82 Å². The lowest BCUT2D eigenvalue weighted by Gasteiger charge is -2.37. The Balaban J connectivity index is 1.42. The summed E-state index contributed by atoms with van der Waals surface area (Å²) < 4.78 is 0. The summed E-state index contributed by atoms with van der Waals surface area (Å²) >= 11 is 0. The third-order valence-corrected chi connectivity index (χ3v) is 6.54. The molecular weight excluding hydrogens is 394 g/mol. The van der Waals surface area contributed by atoms with Crippen LogP contribution in [0.5, 0.6) is 0 Å². The van der Waals surface area contributed by atoms with Gasteiger partial charge in [0, 0.05) is 6.42 Å². The number of para-hydroxylation sites is 2. The Hall–Kier alpha value is -3.48. The van der Waals surface area contributed by atoms with Crippen LogP contribution in [-0.2, 0) is 16.1 Å². The maximum Gasteiger partial charge on any atom is 0.339 e. The minimum atomic E-state index is -0.838. The van der Waals surface area contributed by atoms with E-state index in [0.29, 0.717) is 36.1 Å². The van der Waals surface area contributed by atoms with Crippen LogP contribution in [0, 0.1) is 11.3 Å². The minimum absolute atomic E-state index is 0.254. The molecule has 2 aliphatic rings. The quantitative estimate of drug-likeness (QED) is 0.647. The SMILES string of the molecule is CC1CCC(Cc2nc3ccccc3[nH]2)(C(=O)ON2C(=O)c3ccccc3C2=O)CC1. The fourth-order valence-electron chi connectivity index (χ4n) is 4.61. The molecule has 3 aromatic rings. The molecule has 0 bridgehead atoms. The van der Waals surface area contributed by atoms with Crippen LogP contribution in [0.4, 0.5) is 0 Å². The Bertz CT molecular complexity index is 1120. The summed E-state index contributed by atoms with van der Waals surface area (Å²) in [5.41, 5.74) is 1.42. The van der Waals surface area contributed by atoms with Crippen molar-refractivity contribution in [2.75, 3.05) is 0 Å². The molecule has 0 unspecified atom stereocenters. The van der Waals surface area contributed by atoms with Gasteiger partial charge >= 0.3 is 5.97 Å². The largest absolute Gasteiger partial charge is 0.342 e. The van der Waals surface area contributed by atoms with Crippen LogP contribution < -0.4 is 0 Å². The van der Waals surface area contributed by atoms with Gasteiger partial charge in [0.25, 0.3) is 11.8 Å². The number of H-pyrrole nitrogens is 1. The Morgan fingerprint density at radius 1 is 1.06 bits per heavy atom. The minimum Gasteiger partial charge on any atom is -0.342 e. The highest BCUT2D eigenvalue weighted by molar-refractivity contribution is 6.20. The summed E-state index contributed by atoms with van der Waals surface area (Å²) in [4.78, 5) is 52.2. The second-order valence-electron chi connectivity index (χ2n) is 8.67. The first-order chi connectivity index (χ1) is 15.0. The topological polar surface area (TPSA) is 92.4 Å². The molecule has 2 aromatic carbocycles. The van der Waals surface area contributed by atoms with E-state index in [4.69, 9.17) is 4.84 Å². The van der Waals surface area contributed by atoms with Crippen LogP contribution in [0.15, 0.2) is 48.5 Å². The monoisotopic (exact) mass is 417 g/mol.